The first-order chi connectivity index (χ1) is 18.8. The fourth-order valence-electron chi connectivity index (χ4n) is 6.18. The maximum Gasteiger partial charge on any atom is 0.0777 e. The Morgan fingerprint density at radius 3 is 2.64 bits per heavy atom. The van der Waals surface area contributed by atoms with Crippen molar-refractivity contribution in [2.75, 3.05) is 0 Å². The van der Waals surface area contributed by atoms with E-state index in [4.69, 9.17) is 4.98 Å². The van der Waals surface area contributed by atoms with E-state index in [1.54, 1.807) is 5.57 Å². The summed E-state index contributed by atoms with van der Waals surface area (Å²) in [5.41, 5.74) is 10.0. The van der Waals surface area contributed by atoms with Crippen molar-refractivity contribution in [3.8, 4) is 22.6 Å². The van der Waals surface area contributed by atoms with Gasteiger partial charge >= 0.3 is 0 Å². The van der Waals surface area contributed by atoms with Gasteiger partial charge in [0.05, 0.1) is 16.9 Å². The molecule has 3 nitrogen and oxygen atoms in total. The summed E-state index contributed by atoms with van der Waals surface area (Å²) in [5, 5.41) is 0. The minimum atomic E-state index is 0. The number of thioether (sulfide) groups is 1. The number of hydrogen-bond acceptors (Lipinski definition) is 3. The van der Waals surface area contributed by atoms with Crippen LogP contribution in [0.5, 0.6) is 0 Å². The second kappa shape index (κ2) is 11.3. The standard InChI is InChI=1S/C22H21N2.C12H8NS.Ir/c1-15-14-19(16-8-5-6-9-16)18-12-7-13-20-21(18)24(15)22(23-20)17-10-3-2-4-11-17;1-2-5-10-9(4-1)8-14-11-6-3-7-13-12(10)11;/h2-4,7,10,12-16H,5-6,8-9H2,1H3;1-4,6-7H,8H2;/q2*-1;. The summed E-state index contributed by atoms with van der Waals surface area (Å²) in [5.74, 6) is 2.80. The second-order valence-corrected chi connectivity index (χ2v) is 11.3. The summed E-state index contributed by atoms with van der Waals surface area (Å²) < 4.78 is 2.40. The first-order valence-corrected chi connectivity index (χ1v) is 14.5. The molecule has 8 rings (SSSR count). The van der Waals surface area contributed by atoms with Gasteiger partial charge in [-0.25, -0.2) is 0 Å². The molecule has 2 aromatic heterocycles. The van der Waals surface area contributed by atoms with Gasteiger partial charge in [-0.1, -0.05) is 37.1 Å². The van der Waals surface area contributed by atoms with Crippen LogP contribution in [0.1, 0.15) is 49.8 Å². The van der Waals surface area contributed by atoms with Gasteiger partial charge in [0.2, 0.25) is 0 Å². The van der Waals surface area contributed by atoms with Gasteiger partial charge in [0.25, 0.3) is 0 Å². The molecular formula is C34H29IrN3S-2. The number of hydrogen-bond donors (Lipinski definition) is 0. The molecule has 1 atom stereocenters. The van der Waals surface area contributed by atoms with Crippen LogP contribution in [0, 0.1) is 18.1 Å². The molecule has 1 radical (unpaired) electrons. The van der Waals surface area contributed by atoms with Gasteiger partial charge in [0.1, 0.15) is 0 Å². The summed E-state index contributed by atoms with van der Waals surface area (Å²) in [7, 11) is 0. The summed E-state index contributed by atoms with van der Waals surface area (Å²) in [6, 6.07) is 31.9. The Bertz CT molecular complexity index is 1600. The van der Waals surface area contributed by atoms with Crippen molar-refractivity contribution in [1.82, 2.24) is 14.5 Å². The molecule has 3 aromatic carbocycles. The van der Waals surface area contributed by atoms with Crippen LogP contribution in [0.25, 0.3) is 39.3 Å². The molecule has 3 aliphatic rings. The minimum absolute atomic E-state index is 0. The molecule has 197 valence electrons. The molecule has 4 heterocycles. The molecule has 2 aliphatic heterocycles. The maximum atomic E-state index is 4.96. The molecule has 1 aliphatic carbocycles. The van der Waals surface area contributed by atoms with Crippen LogP contribution in [0.2, 0.25) is 0 Å². The van der Waals surface area contributed by atoms with Crippen LogP contribution < -0.4 is 0 Å². The Hall–Kier alpha value is -2.98. The van der Waals surface area contributed by atoms with Crippen molar-refractivity contribution in [3.05, 3.63) is 108 Å². The van der Waals surface area contributed by atoms with Crippen LogP contribution in [-0.4, -0.2) is 14.5 Å². The smallest absolute Gasteiger partial charge is 0.0777 e. The van der Waals surface area contributed by atoms with Gasteiger partial charge < -0.3 is 9.55 Å². The topological polar surface area (TPSA) is 30.7 Å². The first kappa shape index (κ1) is 26.3. The van der Waals surface area contributed by atoms with Gasteiger partial charge in [-0.3, -0.25) is 4.98 Å². The summed E-state index contributed by atoms with van der Waals surface area (Å²) in [6.07, 6.45) is 9.73. The number of aromatic nitrogens is 3. The van der Waals surface area contributed by atoms with Gasteiger partial charge in [-0.05, 0) is 54.0 Å². The van der Waals surface area contributed by atoms with Crippen LogP contribution >= 0.6 is 11.8 Å². The Balaban J connectivity index is 0.000000158. The fraction of sp³-hybridized carbons (Fsp3) is 0.235. The van der Waals surface area contributed by atoms with Crippen LogP contribution in [0.3, 0.4) is 0 Å². The van der Waals surface area contributed by atoms with Crippen molar-refractivity contribution < 1.29 is 20.1 Å². The number of fused-ring (bicyclic) bond motifs is 3. The van der Waals surface area contributed by atoms with Crippen molar-refractivity contribution in [3.63, 3.8) is 0 Å². The predicted molar refractivity (Wildman–Crippen MR) is 157 cm³/mol. The number of rotatable bonds is 2. The predicted octanol–water partition coefficient (Wildman–Crippen LogP) is 8.80. The van der Waals surface area contributed by atoms with E-state index >= 15 is 0 Å². The van der Waals surface area contributed by atoms with Crippen molar-refractivity contribution >= 4 is 28.4 Å². The molecule has 0 bridgehead atoms. The van der Waals surface area contributed by atoms with Crippen molar-refractivity contribution in [2.45, 2.75) is 49.3 Å². The number of nitrogens with zero attached hydrogens (tertiary/aromatic N) is 3. The van der Waals surface area contributed by atoms with E-state index in [0.29, 0.717) is 6.04 Å². The van der Waals surface area contributed by atoms with E-state index in [1.165, 1.54) is 52.8 Å². The molecule has 0 spiro atoms. The van der Waals surface area contributed by atoms with Gasteiger partial charge in [-0.15, -0.1) is 83.0 Å². The number of pyridine rings is 1. The number of allylic oxidation sites excluding steroid dienone is 2. The molecule has 1 unspecified atom stereocenters. The van der Waals surface area contributed by atoms with E-state index in [-0.39, 0.29) is 20.1 Å². The number of imidazole rings is 1. The van der Waals surface area contributed by atoms with E-state index in [2.05, 4.69) is 77.1 Å². The molecular weight excluding hydrogens is 675 g/mol. The monoisotopic (exact) mass is 704 g/mol. The Morgan fingerprint density at radius 2 is 1.79 bits per heavy atom. The third kappa shape index (κ3) is 4.82. The summed E-state index contributed by atoms with van der Waals surface area (Å²) in [6.45, 7) is 2.29. The largest absolute Gasteiger partial charge is 0.358 e. The number of benzene rings is 3. The average Bonchev–Trinajstić information content (AvgIpc) is 3.65. The third-order valence-electron chi connectivity index (χ3n) is 7.93. The Kier molecular flexibility index (Phi) is 7.57. The van der Waals surface area contributed by atoms with E-state index in [0.717, 1.165) is 34.3 Å². The van der Waals surface area contributed by atoms with Crippen molar-refractivity contribution in [1.29, 1.82) is 0 Å². The summed E-state index contributed by atoms with van der Waals surface area (Å²) in [4.78, 5) is 10.6. The molecule has 0 amide bonds. The molecule has 1 fully saturated rings. The SMILES string of the molecule is CC1C=C(C2CCCC2)c2cccc3nc(-c4[c-]cccc4)n1c23.[Ir].[c-]1cccc2c1-c1ncccc1SC2. The minimum Gasteiger partial charge on any atom is -0.358 e. The van der Waals surface area contributed by atoms with Crippen LogP contribution in [0.4, 0.5) is 0 Å². The maximum absolute atomic E-state index is 4.96. The number of para-hydroxylation sites is 1. The molecule has 5 heteroatoms. The van der Waals surface area contributed by atoms with Gasteiger partial charge in [-0.2, -0.15) is 0 Å². The van der Waals surface area contributed by atoms with Gasteiger partial charge in [0.15, 0.2) is 0 Å². The molecule has 5 aromatic rings. The van der Waals surface area contributed by atoms with Crippen LogP contribution in [-0.2, 0) is 25.9 Å². The Morgan fingerprint density at radius 1 is 0.923 bits per heavy atom. The average molecular weight is 704 g/mol. The normalized spacial score (nSPS) is 17.4. The molecule has 39 heavy (non-hydrogen) atoms. The van der Waals surface area contributed by atoms with Crippen molar-refractivity contribution in [2.24, 2.45) is 5.92 Å². The zero-order valence-electron chi connectivity index (χ0n) is 21.9. The second-order valence-electron chi connectivity index (χ2n) is 10.3. The molecule has 0 N–H and O–H groups in total. The van der Waals surface area contributed by atoms with E-state index in [9.17, 15) is 0 Å². The third-order valence-corrected chi connectivity index (χ3v) is 9.02. The van der Waals surface area contributed by atoms with Crippen LogP contribution in [0.15, 0.2) is 90.0 Å². The fourth-order valence-corrected chi connectivity index (χ4v) is 7.20. The first-order valence-electron chi connectivity index (χ1n) is 13.6. The zero-order chi connectivity index (χ0) is 25.5. The molecule has 0 saturated heterocycles. The quantitative estimate of drug-likeness (QED) is 0.172. The van der Waals surface area contributed by atoms with E-state index in [1.807, 2.05) is 48.3 Å². The van der Waals surface area contributed by atoms with Gasteiger partial charge in [0, 0.05) is 43.6 Å². The summed E-state index contributed by atoms with van der Waals surface area (Å²) >= 11 is 1.85. The Labute approximate surface area is 248 Å². The molecule has 1 saturated carbocycles. The zero-order valence-corrected chi connectivity index (χ0v) is 25.1. The van der Waals surface area contributed by atoms with E-state index < -0.39 is 0 Å².